The van der Waals surface area contributed by atoms with Gasteiger partial charge in [-0.3, -0.25) is 4.98 Å². The molecule has 0 aliphatic heterocycles. The lowest BCUT2D eigenvalue weighted by atomic mass is 10.1. The minimum atomic E-state index is -0.661. The normalized spacial score (nSPS) is 15.5. The summed E-state index contributed by atoms with van der Waals surface area (Å²) in [6.45, 7) is 1.60. The zero-order chi connectivity index (χ0) is 10.0. The van der Waals surface area contributed by atoms with Crippen molar-refractivity contribution in [3.8, 4) is 0 Å². The Morgan fingerprint density at radius 1 is 1.69 bits per heavy atom. The zero-order valence-corrected chi connectivity index (χ0v) is 9.38. The van der Waals surface area contributed by atoms with E-state index in [9.17, 15) is 5.11 Å². The fourth-order valence-corrected chi connectivity index (χ4v) is 1.65. The Morgan fingerprint density at radius 3 is 2.77 bits per heavy atom. The van der Waals surface area contributed by atoms with Crippen molar-refractivity contribution >= 4 is 27.5 Å². The highest BCUT2D eigenvalue weighted by molar-refractivity contribution is 9.10. The Hall–Kier alpha value is -0.160. The van der Waals surface area contributed by atoms with Crippen LogP contribution < -0.4 is 5.73 Å². The van der Waals surface area contributed by atoms with E-state index < -0.39 is 12.1 Å². The fourth-order valence-electron chi connectivity index (χ4n) is 0.899. The maximum atomic E-state index is 9.23. The number of nitrogens with zero attached hydrogens (tertiary/aromatic N) is 1. The van der Waals surface area contributed by atoms with E-state index in [4.69, 9.17) is 17.3 Å². The lowest BCUT2D eigenvalue weighted by molar-refractivity contribution is 0.162. The average molecular weight is 266 g/mol. The summed E-state index contributed by atoms with van der Waals surface area (Å²) < 4.78 is 0.791. The van der Waals surface area contributed by atoms with Gasteiger partial charge in [-0.25, -0.2) is 0 Å². The molecule has 0 aliphatic carbocycles. The molecule has 0 saturated carbocycles. The molecule has 1 aromatic heterocycles. The van der Waals surface area contributed by atoms with E-state index in [1.165, 1.54) is 0 Å². The van der Waals surface area contributed by atoms with Crippen LogP contribution >= 0.6 is 27.5 Å². The van der Waals surface area contributed by atoms with Crippen LogP contribution in [0.1, 0.15) is 18.7 Å². The maximum Gasteiger partial charge on any atom is 0.0783 e. The van der Waals surface area contributed by atoms with Crippen LogP contribution in [-0.4, -0.2) is 16.2 Å². The van der Waals surface area contributed by atoms with Crippen molar-refractivity contribution in [3.63, 3.8) is 0 Å². The van der Waals surface area contributed by atoms with Crippen molar-refractivity contribution in [1.82, 2.24) is 4.98 Å². The Labute approximate surface area is 90.1 Å². The van der Waals surface area contributed by atoms with Crippen LogP contribution in [0.4, 0.5) is 0 Å². The predicted molar refractivity (Wildman–Crippen MR) is 55.6 cm³/mol. The summed E-state index contributed by atoms with van der Waals surface area (Å²) in [6, 6.07) is 1.16. The van der Waals surface area contributed by atoms with E-state index in [0.717, 1.165) is 4.47 Å². The van der Waals surface area contributed by atoms with Crippen molar-refractivity contribution < 1.29 is 5.11 Å². The van der Waals surface area contributed by atoms with Gasteiger partial charge in [0.1, 0.15) is 0 Å². The number of aromatic nitrogens is 1. The number of aliphatic hydroxyl groups is 1. The number of pyridine rings is 1. The first-order valence-electron chi connectivity index (χ1n) is 3.77. The molecule has 0 aliphatic rings. The molecular formula is C8H10BrClN2O. The second kappa shape index (κ2) is 4.37. The van der Waals surface area contributed by atoms with Crippen LogP contribution in [0.15, 0.2) is 16.7 Å². The van der Waals surface area contributed by atoms with Gasteiger partial charge in [0.05, 0.1) is 22.9 Å². The molecule has 0 aromatic carbocycles. The van der Waals surface area contributed by atoms with Crippen molar-refractivity contribution in [1.29, 1.82) is 0 Å². The van der Waals surface area contributed by atoms with E-state index in [2.05, 4.69) is 20.9 Å². The second-order valence-corrected chi connectivity index (χ2v) is 4.11. The van der Waals surface area contributed by atoms with Crippen LogP contribution in [0.5, 0.6) is 0 Å². The summed E-state index contributed by atoms with van der Waals surface area (Å²) in [4.78, 5) is 4.04. The summed E-state index contributed by atoms with van der Waals surface area (Å²) in [5.41, 5.74) is 6.19. The maximum absolute atomic E-state index is 9.23. The summed E-state index contributed by atoms with van der Waals surface area (Å²) in [6.07, 6.45) is 0.940. The van der Waals surface area contributed by atoms with E-state index in [1.807, 2.05) is 0 Å². The standard InChI is InChI=1S/C8H10BrClN2O/c1-4(13)7(11)8-6(10)2-5(9)3-12-8/h2-4,7,13H,11H2,1H3. The van der Waals surface area contributed by atoms with Gasteiger partial charge in [0, 0.05) is 10.7 Å². The van der Waals surface area contributed by atoms with E-state index in [1.54, 1.807) is 19.2 Å². The van der Waals surface area contributed by atoms with Crippen LogP contribution in [0.2, 0.25) is 5.02 Å². The largest absolute Gasteiger partial charge is 0.391 e. The van der Waals surface area contributed by atoms with Crippen LogP contribution in [0.25, 0.3) is 0 Å². The van der Waals surface area contributed by atoms with Gasteiger partial charge in [-0.1, -0.05) is 11.6 Å². The van der Waals surface area contributed by atoms with Crippen LogP contribution in [0.3, 0.4) is 0 Å². The molecule has 1 rings (SSSR count). The quantitative estimate of drug-likeness (QED) is 0.858. The number of hydrogen-bond donors (Lipinski definition) is 2. The van der Waals surface area contributed by atoms with Crippen molar-refractivity contribution in [2.75, 3.05) is 0 Å². The Bertz CT molecular complexity index is 306. The van der Waals surface area contributed by atoms with E-state index in [-0.39, 0.29) is 0 Å². The van der Waals surface area contributed by atoms with E-state index >= 15 is 0 Å². The summed E-state index contributed by atoms with van der Waals surface area (Å²) in [5.74, 6) is 0. The third kappa shape index (κ3) is 2.64. The average Bonchev–Trinajstić information content (AvgIpc) is 2.03. The molecule has 2 atom stereocenters. The lowest BCUT2D eigenvalue weighted by Crippen LogP contribution is -2.24. The van der Waals surface area contributed by atoms with Crippen molar-refractivity contribution in [2.24, 2.45) is 5.73 Å². The molecule has 0 amide bonds. The molecule has 1 heterocycles. The van der Waals surface area contributed by atoms with Crippen LogP contribution in [0, 0.1) is 0 Å². The minimum Gasteiger partial charge on any atom is -0.391 e. The summed E-state index contributed by atoms with van der Waals surface area (Å²) in [5, 5.41) is 9.69. The first-order valence-corrected chi connectivity index (χ1v) is 4.94. The van der Waals surface area contributed by atoms with Gasteiger partial charge in [-0.05, 0) is 28.9 Å². The smallest absolute Gasteiger partial charge is 0.0783 e. The number of aliphatic hydroxyl groups excluding tert-OH is 1. The topological polar surface area (TPSA) is 59.1 Å². The van der Waals surface area contributed by atoms with Gasteiger partial charge in [-0.15, -0.1) is 0 Å². The Balaban J connectivity index is 3.01. The number of halogens is 2. The highest BCUT2D eigenvalue weighted by atomic mass is 79.9. The highest BCUT2D eigenvalue weighted by Crippen LogP contribution is 2.24. The molecule has 1 aromatic rings. The molecule has 0 spiro atoms. The van der Waals surface area contributed by atoms with Crippen LogP contribution in [-0.2, 0) is 0 Å². The van der Waals surface area contributed by atoms with Gasteiger partial charge in [-0.2, -0.15) is 0 Å². The van der Waals surface area contributed by atoms with Crippen molar-refractivity contribution in [3.05, 3.63) is 27.5 Å². The molecule has 72 valence electrons. The molecule has 2 unspecified atom stereocenters. The second-order valence-electron chi connectivity index (χ2n) is 2.79. The zero-order valence-electron chi connectivity index (χ0n) is 7.04. The van der Waals surface area contributed by atoms with Gasteiger partial charge >= 0.3 is 0 Å². The molecule has 3 N–H and O–H groups in total. The fraction of sp³-hybridized carbons (Fsp3) is 0.375. The molecule has 13 heavy (non-hydrogen) atoms. The SMILES string of the molecule is CC(O)C(N)c1ncc(Br)cc1Cl. The monoisotopic (exact) mass is 264 g/mol. The van der Waals surface area contributed by atoms with Gasteiger partial charge in [0.15, 0.2) is 0 Å². The molecular weight excluding hydrogens is 255 g/mol. The lowest BCUT2D eigenvalue weighted by Gasteiger charge is -2.15. The molecule has 5 heteroatoms. The minimum absolute atomic E-state index is 0.461. The molecule has 0 fully saturated rings. The highest BCUT2D eigenvalue weighted by Gasteiger charge is 2.16. The summed E-state index contributed by atoms with van der Waals surface area (Å²) >= 11 is 9.12. The number of hydrogen-bond acceptors (Lipinski definition) is 3. The third-order valence-electron chi connectivity index (χ3n) is 1.67. The number of rotatable bonds is 2. The Kier molecular flexibility index (Phi) is 3.67. The van der Waals surface area contributed by atoms with Crippen molar-refractivity contribution in [2.45, 2.75) is 19.1 Å². The molecule has 0 saturated heterocycles. The molecule has 0 radical (unpaired) electrons. The van der Waals surface area contributed by atoms with Gasteiger partial charge < -0.3 is 10.8 Å². The molecule has 0 bridgehead atoms. The summed E-state index contributed by atoms with van der Waals surface area (Å²) in [7, 11) is 0. The first kappa shape index (κ1) is 10.9. The first-order chi connectivity index (χ1) is 6.02. The predicted octanol–water partition coefficient (Wildman–Crippen LogP) is 1.88. The van der Waals surface area contributed by atoms with Gasteiger partial charge in [0.2, 0.25) is 0 Å². The molecule has 3 nitrogen and oxygen atoms in total. The van der Waals surface area contributed by atoms with E-state index in [0.29, 0.717) is 10.7 Å². The third-order valence-corrected chi connectivity index (χ3v) is 2.41. The number of nitrogens with two attached hydrogens (primary N) is 1. The van der Waals surface area contributed by atoms with Gasteiger partial charge in [0.25, 0.3) is 0 Å². The Morgan fingerprint density at radius 2 is 2.31 bits per heavy atom.